The van der Waals surface area contributed by atoms with Crippen LogP contribution < -0.4 is 0 Å². The second-order valence-electron chi connectivity index (χ2n) is 3.51. The van der Waals surface area contributed by atoms with Gasteiger partial charge in [-0.3, -0.25) is 4.98 Å². The highest BCUT2D eigenvalue weighted by Crippen LogP contribution is 2.32. The summed E-state index contributed by atoms with van der Waals surface area (Å²) in [6.07, 6.45) is -1.76. The first kappa shape index (κ1) is 11.4. The predicted octanol–water partition coefficient (Wildman–Crippen LogP) is 3.47. The summed E-state index contributed by atoms with van der Waals surface area (Å²) in [6, 6.07) is 6.24. The largest absolute Gasteiger partial charge is 0.506 e. The minimum absolute atomic E-state index is 0.0834. The van der Waals surface area contributed by atoms with Gasteiger partial charge in [-0.25, -0.2) is 0 Å². The summed E-state index contributed by atoms with van der Waals surface area (Å²) in [5, 5.41) is 9.22. The molecule has 0 fully saturated rings. The molecule has 0 atom stereocenters. The number of aromatic nitrogens is 1. The molecule has 0 aliphatic carbocycles. The van der Waals surface area contributed by atoms with E-state index in [-0.39, 0.29) is 5.75 Å². The number of aromatic hydroxyl groups is 1. The van der Waals surface area contributed by atoms with E-state index in [2.05, 4.69) is 4.98 Å². The zero-order chi connectivity index (χ0) is 12.5. The Morgan fingerprint density at radius 3 is 2.41 bits per heavy atom. The minimum atomic E-state index is -4.37. The first-order valence-corrected chi connectivity index (χ1v) is 4.78. The zero-order valence-corrected chi connectivity index (χ0v) is 8.57. The summed E-state index contributed by atoms with van der Waals surface area (Å²) < 4.78 is 37.5. The molecule has 0 saturated heterocycles. The maximum Gasteiger partial charge on any atom is 0.416 e. The van der Waals surface area contributed by atoms with Crippen LogP contribution in [0.5, 0.6) is 5.75 Å². The number of pyridine rings is 1. The first-order chi connectivity index (χ1) is 7.97. The van der Waals surface area contributed by atoms with Crippen LogP contribution >= 0.6 is 0 Å². The van der Waals surface area contributed by atoms with Crippen molar-refractivity contribution in [1.82, 2.24) is 4.98 Å². The molecule has 0 amide bonds. The Hall–Kier alpha value is -2.04. The fraction of sp³-hybridized carbons (Fsp3) is 0.0833. The van der Waals surface area contributed by atoms with Crippen LogP contribution in [0.25, 0.3) is 11.1 Å². The summed E-state index contributed by atoms with van der Waals surface area (Å²) in [5.74, 6) is -0.0834. The van der Waals surface area contributed by atoms with E-state index in [0.717, 1.165) is 12.1 Å². The number of halogens is 3. The molecular formula is C12H8F3NO. The van der Waals surface area contributed by atoms with Gasteiger partial charge in [0, 0.05) is 11.8 Å². The van der Waals surface area contributed by atoms with E-state index in [1.165, 1.54) is 30.6 Å². The fourth-order valence-electron chi connectivity index (χ4n) is 1.46. The lowest BCUT2D eigenvalue weighted by Crippen LogP contribution is -2.04. The molecule has 0 unspecified atom stereocenters. The molecule has 1 aromatic heterocycles. The number of alkyl halides is 3. The predicted molar refractivity (Wildman–Crippen MR) is 56.3 cm³/mol. The van der Waals surface area contributed by atoms with Crippen LogP contribution in [0.1, 0.15) is 5.56 Å². The van der Waals surface area contributed by atoms with Gasteiger partial charge in [0.05, 0.1) is 11.8 Å². The number of hydrogen-bond donors (Lipinski definition) is 1. The van der Waals surface area contributed by atoms with Gasteiger partial charge < -0.3 is 5.11 Å². The molecule has 2 aromatic rings. The van der Waals surface area contributed by atoms with E-state index >= 15 is 0 Å². The van der Waals surface area contributed by atoms with Gasteiger partial charge in [-0.15, -0.1) is 0 Å². The smallest absolute Gasteiger partial charge is 0.416 e. The Kier molecular flexibility index (Phi) is 2.75. The standard InChI is InChI=1S/C12H8F3NO/c13-12(14,15)10-3-1-2-8(4-10)9-5-11(17)7-16-6-9/h1-7,17H. The van der Waals surface area contributed by atoms with Crippen molar-refractivity contribution in [3.63, 3.8) is 0 Å². The third-order valence-electron chi connectivity index (χ3n) is 2.25. The molecule has 17 heavy (non-hydrogen) atoms. The Bertz CT molecular complexity index is 537. The number of hydrogen-bond acceptors (Lipinski definition) is 2. The van der Waals surface area contributed by atoms with Crippen LogP contribution in [0.15, 0.2) is 42.7 Å². The minimum Gasteiger partial charge on any atom is -0.506 e. The second-order valence-corrected chi connectivity index (χ2v) is 3.51. The van der Waals surface area contributed by atoms with Gasteiger partial charge in [0.2, 0.25) is 0 Å². The lowest BCUT2D eigenvalue weighted by Gasteiger charge is -2.08. The molecule has 88 valence electrons. The number of nitrogens with zero attached hydrogens (tertiary/aromatic N) is 1. The van der Waals surface area contributed by atoms with Crippen molar-refractivity contribution in [2.45, 2.75) is 6.18 Å². The second kappa shape index (κ2) is 4.08. The molecule has 5 heteroatoms. The molecule has 0 radical (unpaired) electrons. The van der Waals surface area contributed by atoms with E-state index in [1.807, 2.05) is 0 Å². The van der Waals surface area contributed by atoms with Gasteiger partial charge >= 0.3 is 6.18 Å². The third-order valence-corrected chi connectivity index (χ3v) is 2.25. The van der Waals surface area contributed by atoms with E-state index in [0.29, 0.717) is 11.1 Å². The van der Waals surface area contributed by atoms with Crippen molar-refractivity contribution < 1.29 is 18.3 Å². The summed E-state index contributed by atoms with van der Waals surface area (Å²) in [4.78, 5) is 3.72. The van der Waals surface area contributed by atoms with Crippen LogP contribution in [-0.2, 0) is 6.18 Å². The summed E-state index contributed by atoms with van der Waals surface area (Å²) in [6.45, 7) is 0. The van der Waals surface area contributed by atoms with Crippen LogP contribution in [0.4, 0.5) is 13.2 Å². The highest BCUT2D eigenvalue weighted by molar-refractivity contribution is 5.64. The average molecular weight is 239 g/mol. The number of benzene rings is 1. The Labute approximate surface area is 95.4 Å². The van der Waals surface area contributed by atoms with Crippen molar-refractivity contribution >= 4 is 0 Å². The van der Waals surface area contributed by atoms with Gasteiger partial charge in [0.1, 0.15) is 5.75 Å². The van der Waals surface area contributed by atoms with Crippen LogP contribution in [0.3, 0.4) is 0 Å². The van der Waals surface area contributed by atoms with Crippen LogP contribution in [0, 0.1) is 0 Å². The molecular weight excluding hydrogens is 231 g/mol. The molecule has 1 heterocycles. The molecule has 0 spiro atoms. The van der Waals surface area contributed by atoms with Crippen molar-refractivity contribution in [3.8, 4) is 16.9 Å². The molecule has 0 aliphatic rings. The van der Waals surface area contributed by atoms with Crippen molar-refractivity contribution in [1.29, 1.82) is 0 Å². The first-order valence-electron chi connectivity index (χ1n) is 4.78. The lowest BCUT2D eigenvalue weighted by atomic mass is 10.0. The summed E-state index contributed by atoms with van der Waals surface area (Å²) in [5.41, 5.74) is 0.0812. The lowest BCUT2D eigenvalue weighted by molar-refractivity contribution is -0.137. The van der Waals surface area contributed by atoms with E-state index in [9.17, 15) is 18.3 Å². The molecule has 1 N–H and O–H groups in total. The fourth-order valence-corrected chi connectivity index (χ4v) is 1.46. The highest BCUT2D eigenvalue weighted by atomic mass is 19.4. The normalized spacial score (nSPS) is 11.5. The van der Waals surface area contributed by atoms with E-state index in [1.54, 1.807) is 0 Å². The quantitative estimate of drug-likeness (QED) is 0.826. The van der Waals surface area contributed by atoms with Crippen molar-refractivity contribution in [2.75, 3.05) is 0 Å². The third kappa shape index (κ3) is 2.55. The molecule has 2 nitrogen and oxygen atoms in total. The molecule has 0 bridgehead atoms. The molecule has 2 rings (SSSR count). The zero-order valence-electron chi connectivity index (χ0n) is 8.57. The molecule has 0 saturated carbocycles. The van der Waals surface area contributed by atoms with Crippen molar-refractivity contribution in [2.24, 2.45) is 0 Å². The molecule has 1 aromatic carbocycles. The SMILES string of the molecule is Oc1cncc(-c2cccc(C(F)(F)F)c2)c1. The van der Waals surface area contributed by atoms with Crippen LogP contribution in [0.2, 0.25) is 0 Å². The topological polar surface area (TPSA) is 33.1 Å². The summed E-state index contributed by atoms with van der Waals surface area (Å²) >= 11 is 0. The van der Waals surface area contributed by atoms with Gasteiger partial charge in [-0.2, -0.15) is 13.2 Å². The van der Waals surface area contributed by atoms with Gasteiger partial charge in [-0.05, 0) is 23.8 Å². The van der Waals surface area contributed by atoms with Gasteiger partial charge in [0.15, 0.2) is 0 Å². The van der Waals surface area contributed by atoms with Crippen molar-refractivity contribution in [3.05, 3.63) is 48.3 Å². The van der Waals surface area contributed by atoms with Gasteiger partial charge in [-0.1, -0.05) is 12.1 Å². The monoisotopic (exact) mass is 239 g/mol. The number of rotatable bonds is 1. The van der Waals surface area contributed by atoms with Crippen LogP contribution in [-0.4, -0.2) is 10.1 Å². The summed E-state index contributed by atoms with van der Waals surface area (Å²) in [7, 11) is 0. The maximum atomic E-state index is 12.5. The maximum absolute atomic E-state index is 12.5. The highest BCUT2D eigenvalue weighted by Gasteiger charge is 2.30. The Morgan fingerprint density at radius 2 is 1.76 bits per heavy atom. The Morgan fingerprint density at radius 1 is 1.00 bits per heavy atom. The average Bonchev–Trinajstić information content (AvgIpc) is 2.28. The Balaban J connectivity index is 2.47. The molecule has 0 aliphatic heterocycles. The van der Waals surface area contributed by atoms with Gasteiger partial charge in [0.25, 0.3) is 0 Å². The van der Waals surface area contributed by atoms with E-state index < -0.39 is 11.7 Å². The van der Waals surface area contributed by atoms with E-state index in [4.69, 9.17) is 0 Å².